The number of benzene rings is 3. The number of hydrogen-bond acceptors (Lipinski definition) is 5. The summed E-state index contributed by atoms with van der Waals surface area (Å²) in [6.07, 6.45) is 0. The van der Waals surface area contributed by atoms with E-state index in [0.29, 0.717) is 22.0 Å². The SMILES string of the molecule is COc1cccc(CN(C(=O)CN(c2ccc(Cl)cc2C)S(=O)(=O)c2ccccc2)[C@H](C)C(=O)NC(C)C)c1. The third-order valence-electron chi connectivity index (χ3n) is 6.12. The molecule has 1 atom stereocenters. The van der Waals surface area contributed by atoms with E-state index < -0.39 is 28.5 Å². The van der Waals surface area contributed by atoms with Gasteiger partial charge in [-0.25, -0.2) is 8.42 Å². The second-order valence-electron chi connectivity index (χ2n) is 9.47. The highest BCUT2D eigenvalue weighted by Gasteiger charge is 2.33. The minimum absolute atomic E-state index is 0.0390. The predicted octanol–water partition coefficient (Wildman–Crippen LogP) is 4.79. The van der Waals surface area contributed by atoms with Gasteiger partial charge in [0.1, 0.15) is 18.3 Å². The summed E-state index contributed by atoms with van der Waals surface area (Å²) < 4.78 is 34.1. The highest BCUT2D eigenvalue weighted by molar-refractivity contribution is 7.92. The number of nitrogens with one attached hydrogen (secondary N) is 1. The lowest BCUT2D eigenvalue weighted by Gasteiger charge is -2.32. The van der Waals surface area contributed by atoms with Gasteiger partial charge in [0.05, 0.1) is 17.7 Å². The van der Waals surface area contributed by atoms with E-state index in [0.717, 1.165) is 9.87 Å². The number of rotatable bonds is 11. The van der Waals surface area contributed by atoms with Crippen LogP contribution in [0.15, 0.2) is 77.7 Å². The Kier molecular flexibility index (Phi) is 9.99. The normalized spacial score (nSPS) is 12.1. The van der Waals surface area contributed by atoms with Crippen molar-refractivity contribution < 1.29 is 22.7 Å². The van der Waals surface area contributed by atoms with Crippen molar-refractivity contribution in [2.45, 2.75) is 51.2 Å². The number of methoxy groups -OCH3 is 1. The molecule has 3 aromatic rings. The van der Waals surface area contributed by atoms with E-state index in [1.807, 2.05) is 19.9 Å². The van der Waals surface area contributed by atoms with Crippen LogP contribution in [0.25, 0.3) is 0 Å². The molecule has 39 heavy (non-hydrogen) atoms. The van der Waals surface area contributed by atoms with Crippen molar-refractivity contribution in [2.75, 3.05) is 18.0 Å². The first-order valence-corrected chi connectivity index (χ1v) is 14.3. The smallest absolute Gasteiger partial charge is 0.264 e. The van der Waals surface area contributed by atoms with Crippen LogP contribution < -0.4 is 14.4 Å². The van der Waals surface area contributed by atoms with Crippen molar-refractivity contribution in [1.82, 2.24) is 10.2 Å². The molecule has 0 saturated carbocycles. The number of aryl methyl sites for hydroxylation is 1. The van der Waals surface area contributed by atoms with Crippen LogP contribution in [-0.2, 0) is 26.2 Å². The van der Waals surface area contributed by atoms with Crippen molar-refractivity contribution in [3.05, 3.63) is 88.9 Å². The molecule has 2 amide bonds. The van der Waals surface area contributed by atoms with E-state index in [2.05, 4.69) is 5.32 Å². The summed E-state index contributed by atoms with van der Waals surface area (Å²) in [5.41, 5.74) is 1.63. The van der Waals surface area contributed by atoms with Gasteiger partial charge in [-0.1, -0.05) is 41.9 Å². The molecule has 8 nitrogen and oxygen atoms in total. The number of ether oxygens (including phenoxy) is 1. The molecule has 0 radical (unpaired) electrons. The highest BCUT2D eigenvalue weighted by atomic mass is 35.5. The average molecular weight is 572 g/mol. The number of halogens is 1. The van der Waals surface area contributed by atoms with E-state index in [-0.39, 0.29) is 23.4 Å². The summed E-state index contributed by atoms with van der Waals surface area (Å²) in [6.45, 7) is 6.56. The lowest BCUT2D eigenvalue weighted by atomic mass is 10.1. The lowest BCUT2D eigenvalue weighted by molar-refractivity contribution is -0.139. The molecule has 0 aliphatic carbocycles. The first-order valence-electron chi connectivity index (χ1n) is 12.5. The van der Waals surface area contributed by atoms with Crippen molar-refractivity contribution >= 4 is 39.1 Å². The van der Waals surface area contributed by atoms with Gasteiger partial charge >= 0.3 is 0 Å². The summed E-state index contributed by atoms with van der Waals surface area (Å²) in [6, 6.07) is 18.8. The molecule has 0 saturated heterocycles. The molecule has 0 bridgehead atoms. The Morgan fingerprint density at radius 1 is 0.974 bits per heavy atom. The van der Waals surface area contributed by atoms with Crippen LogP contribution in [0.5, 0.6) is 5.75 Å². The van der Waals surface area contributed by atoms with Crippen LogP contribution in [0, 0.1) is 6.92 Å². The maximum absolute atomic E-state index is 14.0. The maximum Gasteiger partial charge on any atom is 0.264 e. The number of carbonyl (C=O) groups is 2. The second-order valence-corrected chi connectivity index (χ2v) is 11.8. The van der Waals surface area contributed by atoms with Crippen LogP contribution >= 0.6 is 11.6 Å². The Balaban J connectivity index is 2.06. The van der Waals surface area contributed by atoms with Crippen LogP contribution in [0.3, 0.4) is 0 Å². The van der Waals surface area contributed by atoms with Gasteiger partial charge < -0.3 is 15.0 Å². The quantitative estimate of drug-likeness (QED) is 0.357. The molecule has 1 N–H and O–H groups in total. The van der Waals surface area contributed by atoms with Crippen molar-refractivity contribution in [2.24, 2.45) is 0 Å². The van der Waals surface area contributed by atoms with Gasteiger partial charge in [0, 0.05) is 17.6 Å². The number of amides is 2. The van der Waals surface area contributed by atoms with E-state index in [1.165, 1.54) is 17.0 Å². The van der Waals surface area contributed by atoms with Crippen LogP contribution in [0.4, 0.5) is 5.69 Å². The van der Waals surface area contributed by atoms with Gasteiger partial charge in [0.25, 0.3) is 10.0 Å². The van der Waals surface area contributed by atoms with Gasteiger partial charge in [-0.3, -0.25) is 13.9 Å². The van der Waals surface area contributed by atoms with Gasteiger partial charge in [-0.15, -0.1) is 0 Å². The number of hydrogen-bond donors (Lipinski definition) is 1. The number of sulfonamides is 1. The lowest BCUT2D eigenvalue weighted by Crippen LogP contribution is -2.52. The molecule has 10 heteroatoms. The molecule has 0 aliphatic rings. The molecule has 0 heterocycles. The standard InChI is InChI=1S/C29H34ClN3O5S/c1-20(2)31-29(35)22(4)32(18-23-10-9-11-25(17-23)38-5)28(34)19-33(27-15-14-24(30)16-21(27)3)39(36,37)26-12-7-6-8-13-26/h6-17,20,22H,18-19H2,1-5H3,(H,31,35)/t22-/m1/s1. The minimum atomic E-state index is -4.14. The number of carbonyl (C=O) groups excluding carboxylic acids is 2. The van der Waals surface area contributed by atoms with E-state index >= 15 is 0 Å². The van der Waals surface area contributed by atoms with E-state index in [9.17, 15) is 18.0 Å². The Bertz CT molecular complexity index is 1410. The first kappa shape index (κ1) is 30.0. The van der Waals surface area contributed by atoms with Gasteiger partial charge in [0.2, 0.25) is 11.8 Å². The third kappa shape index (κ3) is 7.52. The fraction of sp³-hybridized carbons (Fsp3) is 0.310. The van der Waals surface area contributed by atoms with E-state index in [4.69, 9.17) is 16.3 Å². The van der Waals surface area contributed by atoms with Crippen LogP contribution in [0.1, 0.15) is 31.9 Å². The Labute approximate surface area is 235 Å². The Morgan fingerprint density at radius 2 is 1.67 bits per heavy atom. The zero-order valence-electron chi connectivity index (χ0n) is 22.7. The fourth-order valence-corrected chi connectivity index (χ4v) is 5.81. The number of anilines is 1. The Morgan fingerprint density at radius 3 is 2.28 bits per heavy atom. The predicted molar refractivity (Wildman–Crippen MR) is 153 cm³/mol. The summed E-state index contributed by atoms with van der Waals surface area (Å²) in [5, 5.41) is 3.28. The molecule has 0 fully saturated rings. The molecule has 3 rings (SSSR count). The largest absolute Gasteiger partial charge is 0.497 e. The summed E-state index contributed by atoms with van der Waals surface area (Å²) in [4.78, 5) is 28.4. The van der Waals surface area contributed by atoms with Gasteiger partial charge in [-0.05, 0) is 81.3 Å². The Hall–Kier alpha value is -3.56. The second kappa shape index (κ2) is 13.0. The zero-order chi connectivity index (χ0) is 28.7. The van der Waals surface area contributed by atoms with E-state index in [1.54, 1.807) is 75.6 Å². The fourth-order valence-electron chi connectivity index (χ4n) is 4.09. The summed E-state index contributed by atoms with van der Waals surface area (Å²) in [7, 11) is -2.60. The minimum Gasteiger partial charge on any atom is -0.497 e. The highest BCUT2D eigenvalue weighted by Crippen LogP contribution is 2.29. The molecular formula is C29H34ClN3O5S. The average Bonchev–Trinajstić information content (AvgIpc) is 2.90. The monoisotopic (exact) mass is 571 g/mol. The van der Waals surface area contributed by atoms with Crippen LogP contribution in [-0.4, -0.2) is 50.9 Å². The van der Waals surface area contributed by atoms with Crippen molar-refractivity contribution in [1.29, 1.82) is 0 Å². The molecule has 0 aliphatic heterocycles. The maximum atomic E-state index is 14.0. The van der Waals surface area contributed by atoms with Crippen molar-refractivity contribution in [3.63, 3.8) is 0 Å². The summed E-state index contributed by atoms with van der Waals surface area (Å²) in [5.74, 6) is -0.288. The van der Waals surface area contributed by atoms with Crippen molar-refractivity contribution in [3.8, 4) is 5.75 Å². The van der Waals surface area contributed by atoms with Gasteiger partial charge in [0.15, 0.2) is 0 Å². The molecular weight excluding hydrogens is 538 g/mol. The molecule has 0 spiro atoms. The molecule has 0 aromatic heterocycles. The van der Waals surface area contributed by atoms with Crippen LogP contribution in [0.2, 0.25) is 5.02 Å². The third-order valence-corrected chi connectivity index (χ3v) is 8.13. The zero-order valence-corrected chi connectivity index (χ0v) is 24.3. The summed E-state index contributed by atoms with van der Waals surface area (Å²) >= 11 is 6.14. The van der Waals surface area contributed by atoms with Gasteiger partial charge in [-0.2, -0.15) is 0 Å². The number of nitrogens with zero attached hydrogens (tertiary/aromatic N) is 2. The molecule has 0 unspecified atom stereocenters. The topological polar surface area (TPSA) is 96.0 Å². The first-order chi connectivity index (χ1) is 18.4. The molecule has 208 valence electrons. The molecule has 3 aromatic carbocycles.